The van der Waals surface area contributed by atoms with Crippen LogP contribution in [0.2, 0.25) is 0 Å². The van der Waals surface area contributed by atoms with E-state index in [1.807, 2.05) is 24.4 Å². The van der Waals surface area contributed by atoms with E-state index in [4.69, 9.17) is 9.52 Å². The van der Waals surface area contributed by atoms with Crippen molar-refractivity contribution < 1.29 is 14.3 Å². The highest BCUT2D eigenvalue weighted by Crippen LogP contribution is 2.24. The van der Waals surface area contributed by atoms with Crippen molar-refractivity contribution in [1.82, 2.24) is 20.0 Å². The van der Waals surface area contributed by atoms with Crippen molar-refractivity contribution in [3.8, 4) is 10.8 Å². The molecule has 0 aliphatic carbocycles. The topological polar surface area (TPSA) is 94.0 Å². The van der Waals surface area contributed by atoms with Gasteiger partial charge < -0.3 is 9.52 Å². The Balaban J connectivity index is 1.86. The third-order valence-corrected chi connectivity index (χ3v) is 3.88. The number of carboxylic acid groups (broad SMARTS) is 1. The van der Waals surface area contributed by atoms with Crippen LogP contribution in [0.1, 0.15) is 28.8 Å². The normalized spacial score (nSPS) is 10.9. The lowest BCUT2D eigenvalue weighted by Gasteiger charge is -2.02. The van der Waals surface area contributed by atoms with Crippen LogP contribution in [0.25, 0.3) is 10.8 Å². The number of nitrogens with zero attached hydrogens (tertiary/aromatic N) is 4. The molecule has 3 aromatic heterocycles. The van der Waals surface area contributed by atoms with Crippen LogP contribution < -0.4 is 0 Å². The molecule has 1 N–H and O–H groups in total. The van der Waals surface area contributed by atoms with Crippen LogP contribution in [-0.2, 0) is 13.0 Å². The molecule has 0 unspecified atom stereocenters. The smallest absolute Gasteiger partial charge is 0.358 e. The number of furan rings is 1. The van der Waals surface area contributed by atoms with Crippen molar-refractivity contribution in [2.45, 2.75) is 19.9 Å². The number of thiazole rings is 1. The minimum Gasteiger partial charge on any atom is -0.476 e. The monoisotopic (exact) mass is 304 g/mol. The highest BCUT2D eigenvalue weighted by atomic mass is 32.1. The summed E-state index contributed by atoms with van der Waals surface area (Å²) in [4.78, 5) is 15.5. The maximum atomic E-state index is 11.1. The lowest BCUT2D eigenvalue weighted by atomic mass is 10.2. The molecule has 0 fully saturated rings. The molecule has 0 radical (unpaired) electrons. The van der Waals surface area contributed by atoms with Gasteiger partial charge in [0.1, 0.15) is 0 Å². The summed E-state index contributed by atoms with van der Waals surface area (Å²) < 4.78 is 6.87. The Hall–Kier alpha value is -2.48. The number of hydrogen-bond acceptors (Lipinski definition) is 6. The average Bonchev–Trinajstić information content (AvgIpc) is 3.18. The van der Waals surface area contributed by atoms with Crippen LogP contribution in [0.5, 0.6) is 0 Å². The molecule has 3 rings (SSSR count). The van der Waals surface area contributed by atoms with Gasteiger partial charge in [0.2, 0.25) is 0 Å². The first kappa shape index (κ1) is 13.5. The molecule has 0 saturated carbocycles. The Bertz CT molecular complexity index is 760. The van der Waals surface area contributed by atoms with Gasteiger partial charge in [0, 0.05) is 5.38 Å². The summed E-state index contributed by atoms with van der Waals surface area (Å²) in [5.74, 6) is -0.348. The number of carboxylic acids is 1. The van der Waals surface area contributed by atoms with E-state index < -0.39 is 5.97 Å². The molecule has 21 heavy (non-hydrogen) atoms. The Morgan fingerprint density at radius 1 is 1.52 bits per heavy atom. The second-order valence-corrected chi connectivity index (χ2v) is 5.18. The quantitative estimate of drug-likeness (QED) is 0.777. The minimum absolute atomic E-state index is 0.000937. The summed E-state index contributed by atoms with van der Waals surface area (Å²) in [5.41, 5.74) is 1.39. The molecule has 0 amide bonds. The molecule has 0 atom stereocenters. The molecule has 3 heterocycles. The summed E-state index contributed by atoms with van der Waals surface area (Å²) in [5, 5.41) is 19.4. The van der Waals surface area contributed by atoms with Crippen LogP contribution >= 0.6 is 11.3 Å². The van der Waals surface area contributed by atoms with Gasteiger partial charge in [-0.25, -0.2) is 14.5 Å². The Morgan fingerprint density at radius 3 is 3.05 bits per heavy atom. The maximum Gasteiger partial charge on any atom is 0.358 e. The lowest BCUT2D eigenvalue weighted by molar-refractivity contribution is 0.0689. The zero-order valence-corrected chi connectivity index (χ0v) is 12.0. The van der Waals surface area contributed by atoms with Crippen LogP contribution in [0.15, 0.2) is 28.2 Å². The van der Waals surface area contributed by atoms with E-state index in [0.29, 0.717) is 24.4 Å². The van der Waals surface area contributed by atoms with E-state index in [1.165, 1.54) is 11.3 Å². The van der Waals surface area contributed by atoms with Crippen molar-refractivity contribution in [1.29, 1.82) is 0 Å². The fourth-order valence-electron chi connectivity index (χ4n) is 2.02. The van der Waals surface area contributed by atoms with Gasteiger partial charge in [-0.1, -0.05) is 12.1 Å². The number of rotatable bonds is 5. The molecule has 0 aliphatic rings. The summed E-state index contributed by atoms with van der Waals surface area (Å²) in [6.45, 7) is 2.26. The first-order valence-corrected chi connectivity index (χ1v) is 7.21. The third kappa shape index (κ3) is 2.57. The van der Waals surface area contributed by atoms with Gasteiger partial charge in [-0.05, 0) is 18.6 Å². The van der Waals surface area contributed by atoms with E-state index in [9.17, 15) is 4.79 Å². The molecule has 0 bridgehead atoms. The first-order valence-electron chi connectivity index (χ1n) is 6.33. The number of aromatic carboxylic acids is 1. The van der Waals surface area contributed by atoms with Gasteiger partial charge in [-0.15, -0.1) is 16.4 Å². The molecule has 0 aromatic carbocycles. The van der Waals surface area contributed by atoms with Crippen LogP contribution in [0.4, 0.5) is 0 Å². The molecule has 0 aliphatic heterocycles. The summed E-state index contributed by atoms with van der Waals surface area (Å²) in [6.07, 6.45) is 2.14. The molecule has 108 valence electrons. The Morgan fingerprint density at radius 2 is 2.38 bits per heavy atom. The fourth-order valence-corrected chi connectivity index (χ4v) is 2.80. The molecule has 7 nitrogen and oxygen atoms in total. The average molecular weight is 304 g/mol. The van der Waals surface area contributed by atoms with Crippen LogP contribution in [0, 0.1) is 0 Å². The zero-order chi connectivity index (χ0) is 14.8. The molecular formula is C13H12N4O3S. The second-order valence-electron chi connectivity index (χ2n) is 4.32. The number of aromatic nitrogens is 4. The van der Waals surface area contributed by atoms with Gasteiger partial charge >= 0.3 is 5.97 Å². The highest BCUT2D eigenvalue weighted by Gasteiger charge is 2.18. The maximum absolute atomic E-state index is 11.1. The van der Waals surface area contributed by atoms with Gasteiger partial charge in [0.05, 0.1) is 24.2 Å². The van der Waals surface area contributed by atoms with Crippen LogP contribution in [0.3, 0.4) is 0 Å². The standard InChI is InChI=1S/C13H12N4O3S/c1-2-9-11(13(18)19)15-16-17(9)6-8-7-21-12(14-8)10-4-3-5-20-10/h3-5,7H,2,6H2,1H3,(H,18,19). The summed E-state index contributed by atoms with van der Waals surface area (Å²) in [7, 11) is 0. The van der Waals surface area contributed by atoms with E-state index >= 15 is 0 Å². The molecule has 3 aromatic rings. The van der Waals surface area contributed by atoms with Crippen molar-refractivity contribution in [2.75, 3.05) is 0 Å². The van der Waals surface area contributed by atoms with Gasteiger partial charge in [0.25, 0.3) is 0 Å². The second kappa shape index (κ2) is 5.49. The SMILES string of the molecule is CCc1c(C(=O)O)nnn1Cc1csc(-c2ccco2)n1. The fraction of sp³-hybridized carbons (Fsp3) is 0.231. The van der Waals surface area contributed by atoms with Gasteiger partial charge in [-0.3, -0.25) is 0 Å². The third-order valence-electron chi connectivity index (χ3n) is 2.97. The molecule has 8 heteroatoms. The van der Waals surface area contributed by atoms with Crippen LogP contribution in [-0.4, -0.2) is 31.1 Å². The molecule has 0 saturated heterocycles. The summed E-state index contributed by atoms with van der Waals surface area (Å²) >= 11 is 1.47. The predicted octanol–water partition coefficient (Wildman–Crippen LogP) is 2.30. The zero-order valence-electron chi connectivity index (χ0n) is 11.2. The Kier molecular flexibility index (Phi) is 3.53. The van der Waals surface area contributed by atoms with E-state index in [2.05, 4.69) is 15.3 Å². The number of carbonyl (C=O) groups is 1. The van der Waals surface area contributed by atoms with E-state index in [0.717, 1.165) is 10.7 Å². The van der Waals surface area contributed by atoms with Crippen molar-refractivity contribution in [3.05, 3.63) is 40.9 Å². The van der Waals surface area contributed by atoms with Gasteiger partial charge in [0.15, 0.2) is 16.5 Å². The molecular weight excluding hydrogens is 292 g/mol. The van der Waals surface area contributed by atoms with Gasteiger partial charge in [-0.2, -0.15) is 0 Å². The number of hydrogen-bond donors (Lipinski definition) is 1. The minimum atomic E-state index is -1.06. The lowest BCUT2D eigenvalue weighted by Crippen LogP contribution is -2.08. The van der Waals surface area contributed by atoms with Crippen molar-refractivity contribution in [2.24, 2.45) is 0 Å². The molecule has 0 spiro atoms. The largest absolute Gasteiger partial charge is 0.476 e. The highest BCUT2D eigenvalue weighted by molar-refractivity contribution is 7.13. The van der Waals surface area contributed by atoms with Crippen molar-refractivity contribution in [3.63, 3.8) is 0 Å². The summed E-state index contributed by atoms with van der Waals surface area (Å²) in [6, 6.07) is 3.65. The van der Waals surface area contributed by atoms with E-state index in [1.54, 1.807) is 10.9 Å². The Labute approximate surface area is 123 Å². The first-order chi connectivity index (χ1) is 10.2. The van der Waals surface area contributed by atoms with E-state index in [-0.39, 0.29) is 5.69 Å². The van der Waals surface area contributed by atoms with Crippen molar-refractivity contribution >= 4 is 17.3 Å². The predicted molar refractivity (Wildman–Crippen MR) is 75.3 cm³/mol.